The predicted octanol–water partition coefficient (Wildman–Crippen LogP) is 5.11. The molecule has 0 aromatic carbocycles. The van der Waals surface area contributed by atoms with Crippen LogP contribution in [0.15, 0.2) is 0 Å². The van der Waals surface area contributed by atoms with Gasteiger partial charge in [-0.1, -0.05) is 40.5 Å². The van der Waals surface area contributed by atoms with Crippen LogP contribution in [0.3, 0.4) is 0 Å². The summed E-state index contributed by atoms with van der Waals surface area (Å²) in [6.07, 6.45) is 4.54. The molecule has 2 heterocycles. The zero-order valence-electron chi connectivity index (χ0n) is 16.6. The maximum Gasteiger partial charge on any atom is 0.697 e. The molecule has 2 aliphatic rings. The first-order valence-corrected chi connectivity index (χ1v) is 11.1. The van der Waals surface area contributed by atoms with Crippen molar-refractivity contribution in [3.8, 4) is 0 Å². The molecule has 0 saturated carbocycles. The third-order valence-electron chi connectivity index (χ3n) is 6.14. The minimum absolute atomic E-state index is 0.00683. The van der Waals surface area contributed by atoms with E-state index in [2.05, 4.69) is 34.6 Å². The lowest BCUT2D eigenvalue weighted by Crippen LogP contribution is -2.27. The average molecular weight is 375 g/mol. The second kappa shape index (κ2) is 9.75. The Morgan fingerprint density at radius 2 is 1.60 bits per heavy atom. The van der Waals surface area contributed by atoms with Gasteiger partial charge in [0.1, 0.15) is 12.7 Å². The van der Waals surface area contributed by atoms with Crippen molar-refractivity contribution in [3.05, 3.63) is 0 Å². The molecule has 0 radical (unpaired) electrons. The summed E-state index contributed by atoms with van der Waals surface area (Å²) in [5.74, 6) is 1.19. The van der Waals surface area contributed by atoms with Crippen LogP contribution in [0.2, 0.25) is 0 Å². The fraction of sp³-hybridized carbons (Fsp3) is 1.00. The molecule has 0 amide bonds. The molecule has 9 unspecified atom stereocenters. The summed E-state index contributed by atoms with van der Waals surface area (Å²) in [5, 5.41) is 0. The molecule has 25 heavy (non-hydrogen) atoms. The normalized spacial score (nSPS) is 42.1. The van der Waals surface area contributed by atoms with Gasteiger partial charge in [-0.25, -0.2) is 0 Å². The van der Waals surface area contributed by atoms with Crippen LogP contribution < -0.4 is 0 Å². The third kappa shape index (κ3) is 5.23. The molecule has 2 aliphatic heterocycles. The van der Waals surface area contributed by atoms with Gasteiger partial charge in [0.05, 0.1) is 24.4 Å². The van der Waals surface area contributed by atoms with Crippen molar-refractivity contribution in [2.24, 2.45) is 17.8 Å². The Morgan fingerprint density at radius 1 is 0.960 bits per heavy atom. The van der Waals surface area contributed by atoms with E-state index in [1.54, 1.807) is 0 Å². The summed E-state index contributed by atoms with van der Waals surface area (Å²) in [5.41, 5.74) is 0. The molecule has 9 atom stereocenters. The van der Waals surface area contributed by atoms with E-state index in [4.69, 9.17) is 18.5 Å². The monoisotopic (exact) mass is 375 g/mol. The first kappa shape index (κ1) is 21.2. The van der Waals surface area contributed by atoms with Crippen LogP contribution in [0.1, 0.15) is 67.2 Å². The smallest absolute Gasteiger partial charge is 0.372 e. The highest BCUT2D eigenvalue weighted by molar-refractivity contribution is 7.33. The van der Waals surface area contributed by atoms with Crippen molar-refractivity contribution < 1.29 is 23.1 Å². The molecule has 6 heteroatoms. The van der Waals surface area contributed by atoms with Gasteiger partial charge in [0.2, 0.25) is 0 Å². The molecule has 0 aromatic rings. The minimum Gasteiger partial charge on any atom is -0.372 e. The van der Waals surface area contributed by atoms with Gasteiger partial charge in [-0.3, -0.25) is 0 Å². The quantitative estimate of drug-likeness (QED) is 0.524. The van der Waals surface area contributed by atoms with Crippen LogP contribution in [-0.4, -0.2) is 37.1 Å². The van der Waals surface area contributed by atoms with Crippen LogP contribution >= 0.6 is 8.25 Å². The highest BCUT2D eigenvalue weighted by Gasteiger charge is 2.46. The lowest BCUT2D eigenvalue weighted by Gasteiger charge is -2.19. The topological polar surface area (TPSA) is 54.0 Å². The summed E-state index contributed by atoms with van der Waals surface area (Å²) in [6, 6.07) is 0. The second-order valence-corrected chi connectivity index (χ2v) is 8.70. The van der Waals surface area contributed by atoms with E-state index in [9.17, 15) is 4.57 Å². The molecule has 0 aromatic heterocycles. The fourth-order valence-corrected chi connectivity index (χ4v) is 4.93. The van der Waals surface area contributed by atoms with E-state index in [0.717, 1.165) is 12.8 Å². The van der Waals surface area contributed by atoms with E-state index in [1.165, 1.54) is 12.8 Å². The second-order valence-electron chi connectivity index (χ2n) is 7.78. The highest BCUT2D eigenvalue weighted by atomic mass is 31.1. The number of rotatable bonds is 9. The molecule has 0 N–H and O–H groups in total. The SMILES string of the molecule is CCCCC1C(CO[P+](=O)OC2C(CC)OC(C)C2C)OC(C)C1C. The fourth-order valence-electron chi connectivity index (χ4n) is 4.08. The van der Waals surface area contributed by atoms with Crippen LogP contribution in [0, 0.1) is 17.8 Å². The van der Waals surface area contributed by atoms with Crippen LogP contribution in [0.25, 0.3) is 0 Å². The Labute approximate surface area is 154 Å². The summed E-state index contributed by atoms with van der Waals surface area (Å²) >= 11 is 0. The Hall–Kier alpha value is -0.0600. The van der Waals surface area contributed by atoms with Crippen LogP contribution in [0.4, 0.5) is 0 Å². The lowest BCUT2D eigenvalue weighted by molar-refractivity contribution is -0.000689. The summed E-state index contributed by atoms with van der Waals surface area (Å²) < 4.78 is 35.6. The van der Waals surface area contributed by atoms with Gasteiger partial charge < -0.3 is 9.47 Å². The van der Waals surface area contributed by atoms with E-state index in [0.29, 0.717) is 18.4 Å². The summed E-state index contributed by atoms with van der Waals surface area (Å²) in [6.45, 7) is 13.1. The van der Waals surface area contributed by atoms with E-state index in [-0.39, 0.29) is 36.4 Å². The van der Waals surface area contributed by atoms with Gasteiger partial charge in [0.15, 0.2) is 0 Å². The van der Waals surface area contributed by atoms with Crippen molar-refractivity contribution in [2.45, 2.75) is 97.7 Å². The standard InChI is InChI=1S/C19H36O5P/c1-7-9-10-16-12(3)14(5)23-18(16)11-21-25(20)24-19-13(4)15(6)22-17(19)8-2/h12-19H,7-11H2,1-6H3/q+1. The molecule has 2 saturated heterocycles. The van der Waals surface area contributed by atoms with Gasteiger partial charge in [0.25, 0.3) is 0 Å². The zero-order valence-corrected chi connectivity index (χ0v) is 17.5. The van der Waals surface area contributed by atoms with Gasteiger partial charge in [-0.05, 0) is 38.5 Å². The van der Waals surface area contributed by atoms with Crippen molar-refractivity contribution in [1.29, 1.82) is 0 Å². The number of ether oxygens (including phenoxy) is 2. The maximum atomic E-state index is 12.3. The largest absolute Gasteiger partial charge is 0.697 e. The first-order valence-electron chi connectivity index (χ1n) is 9.96. The third-order valence-corrected chi connectivity index (χ3v) is 6.92. The number of hydrogen-bond donors (Lipinski definition) is 0. The average Bonchev–Trinajstić information content (AvgIpc) is 3.01. The molecular weight excluding hydrogens is 339 g/mol. The van der Waals surface area contributed by atoms with Gasteiger partial charge in [-0.2, -0.15) is 0 Å². The van der Waals surface area contributed by atoms with E-state index < -0.39 is 8.25 Å². The highest BCUT2D eigenvalue weighted by Crippen LogP contribution is 2.40. The van der Waals surface area contributed by atoms with Gasteiger partial charge in [-0.15, -0.1) is 9.05 Å². The molecule has 0 bridgehead atoms. The Morgan fingerprint density at radius 3 is 2.24 bits per heavy atom. The molecular formula is C19H36O5P+. The summed E-state index contributed by atoms with van der Waals surface area (Å²) in [7, 11) is -2.16. The Bertz CT molecular complexity index is 432. The zero-order chi connectivity index (χ0) is 18.6. The Balaban J connectivity index is 1.84. The summed E-state index contributed by atoms with van der Waals surface area (Å²) in [4.78, 5) is 0. The van der Waals surface area contributed by atoms with Crippen molar-refractivity contribution in [3.63, 3.8) is 0 Å². The van der Waals surface area contributed by atoms with Crippen LogP contribution in [-0.2, 0) is 23.1 Å². The van der Waals surface area contributed by atoms with Gasteiger partial charge in [0, 0.05) is 10.5 Å². The molecule has 5 nitrogen and oxygen atoms in total. The first-order chi connectivity index (χ1) is 11.9. The molecule has 0 spiro atoms. The Kier molecular flexibility index (Phi) is 8.29. The number of unbranched alkanes of at least 4 members (excludes halogenated alkanes) is 1. The number of hydrogen-bond acceptors (Lipinski definition) is 5. The maximum absolute atomic E-state index is 12.3. The van der Waals surface area contributed by atoms with Crippen molar-refractivity contribution in [2.75, 3.05) is 6.61 Å². The van der Waals surface area contributed by atoms with Crippen molar-refractivity contribution in [1.82, 2.24) is 0 Å². The molecule has 146 valence electrons. The van der Waals surface area contributed by atoms with Crippen molar-refractivity contribution >= 4 is 8.25 Å². The minimum atomic E-state index is -2.16. The lowest BCUT2D eigenvalue weighted by atomic mass is 9.85. The van der Waals surface area contributed by atoms with E-state index >= 15 is 0 Å². The van der Waals surface area contributed by atoms with Gasteiger partial charge >= 0.3 is 8.25 Å². The molecule has 0 aliphatic carbocycles. The van der Waals surface area contributed by atoms with Crippen LogP contribution in [0.5, 0.6) is 0 Å². The predicted molar refractivity (Wildman–Crippen MR) is 98.7 cm³/mol. The molecule has 2 fully saturated rings. The molecule has 2 rings (SSSR count). The van der Waals surface area contributed by atoms with E-state index in [1.807, 2.05) is 6.92 Å².